The average Bonchev–Trinajstić information content (AvgIpc) is 2.09. The van der Waals surface area contributed by atoms with E-state index in [9.17, 15) is 4.79 Å². The Balaban J connectivity index is 2.61. The van der Waals surface area contributed by atoms with Crippen molar-refractivity contribution in [1.82, 2.24) is 5.32 Å². The zero-order valence-corrected chi connectivity index (χ0v) is 8.27. The van der Waals surface area contributed by atoms with Gasteiger partial charge in [0.1, 0.15) is 0 Å². The smallest absolute Gasteiger partial charge is 0.207 e. The number of amides is 1. The molecule has 0 aliphatic rings. The van der Waals surface area contributed by atoms with Crippen molar-refractivity contribution in [3.63, 3.8) is 0 Å². The molecule has 0 saturated carbocycles. The minimum absolute atomic E-state index is 0.631. The van der Waals surface area contributed by atoms with Crippen LogP contribution in [0.15, 0.2) is 18.2 Å². The minimum Gasteiger partial charge on any atom is -0.358 e. The van der Waals surface area contributed by atoms with E-state index in [-0.39, 0.29) is 0 Å². The lowest BCUT2D eigenvalue weighted by Crippen LogP contribution is -2.14. The average molecular weight is 198 g/mol. The van der Waals surface area contributed by atoms with Gasteiger partial charge in [0, 0.05) is 11.6 Å². The summed E-state index contributed by atoms with van der Waals surface area (Å²) >= 11 is 5.99. The Morgan fingerprint density at radius 1 is 1.54 bits per heavy atom. The van der Waals surface area contributed by atoms with Crippen molar-refractivity contribution in [1.29, 1.82) is 0 Å². The van der Waals surface area contributed by atoms with E-state index in [0.717, 1.165) is 22.6 Å². The lowest BCUT2D eigenvalue weighted by Gasteiger charge is -2.04. The van der Waals surface area contributed by atoms with E-state index in [1.54, 1.807) is 0 Å². The molecule has 1 aromatic rings. The summed E-state index contributed by atoms with van der Waals surface area (Å²) in [6.07, 6.45) is 1.47. The van der Waals surface area contributed by atoms with Crippen LogP contribution < -0.4 is 5.32 Å². The predicted molar refractivity (Wildman–Crippen MR) is 54.0 cm³/mol. The molecule has 0 atom stereocenters. The second-order valence-corrected chi connectivity index (χ2v) is 3.32. The number of halogens is 1. The summed E-state index contributed by atoms with van der Waals surface area (Å²) in [5.74, 6) is 0. The van der Waals surface area contributed by atoms with Crippen LogP contribution in [0.25, 0.3) is 0 Å². The number of benzene rings is 1. The van der Waals surface area contributed by atoms with Gasteiger partial charge in [-0.05, 0) is 30.5 Å². The Bertz CT molecular complexity index is 299. The first-order valence-corrected chi connectivity index (χ1v) is 4.54. The van der Waals surface area contributed by atoms with Gasteiger partial charge in [0.25, 0.3) is 0 Å². The van der Waals surface area contributed by atoms with Gasteiger partial charge in [0.15, 0.2) is 0 Å². The minimum atomic E-state index is 0.631. The molecule has 70 valence electrons. The molecule has 1 rings (SSSR count). The summed E-state index contributed by atoms with van der Waals surface area (Å²) in [6, 6.07) is 5.93. The summed E-state index contributed by atoms with van der Waals surface area (Å²) in [6.45, 7) is 2.63. The van der Waals surface area contributed by atoms with Crippen LogP contribution in [-0.4, -0.2) is 13.0 Å². The van der Waals surface area contributed by atoms with Crippen LogP contribution >= 0.6 is 11.6 Å². The summed E-state index contributed by atoms with van der Waals surface area (Å²) in [4.78, 5) is 9.99. The van der Waals surface area contributed by atoms with Crippen molar-refractivity contribution in [3.8, 4) is 0 Å². The molecule has 0 saturated heterocycles. The largest absolute Gasteiger partial charge is 0.358 e. The summed E-state index contributed by atoms with van der Waals surface area (Å²) in [7, 11) is 0. The molecule has 0 radical (unpaired) electrons. The molecule has 0 aliphatic heterocycles. The maximum atomic E-state index is 9.99. The summed E-state index contributed by atoms with van der Waals surface area (Å²) < 4.78 is 0. The molecule has 0 aromatic heterocycles. The van der Waals surface area contributed by atoms with Gasteiger partial charge >= 0.3 is 0 Å². The SMILES string of the molecule is Cc1ccc(CCNC=O)c(Cl)c1. The number of aryl methyl sites for hydroxylation is 1. The highest BCUT2D eigenvalue weighted by atomic mass is 35.5. The van der Waals surface area contributed by atoms with Crippen LogP contribution in [0.4, 0.5) is 0 Å². The molecule has 0 unspecified atom stereocenters. The zero-order chi connectivity index (χ0) is 9.68. The molecular formula is C10H12ClNO. The zero-order valence-electron chi connectivity index (χ0n) is 7.51. The first kappa shape index (κ1) is 10.1. The second kappa shape index (κ2) is 4.87. The van der Waals surface area contributed by atoms with E-state index < -0.39 is 0 Å². The van der Waals surface area contributed by atoms with Crippen molar-refractivity contribution < 1.29 is 4.79 Å². The molecule has 3 heteroatoms. The predicted octanol–water partition coefficient (Wildman–Crippen LogP) is 1.94. The van der Waals surface area contributed by atoms with Gasteiger partial charge < -0.3 is 5.32 Å². The van der Waals surface area contributed by atoms with E-state index in [1.807, 2.05) is 25.1 Å². The van der Waals surface area contributed by atoms with Crippen LogP contribution in [0.1, 0.15) is 11.1 Å². The molecule has 2 nitrogen and oxygen atoms in total. The van der Waals surface area contributed by atoms with Gasteiger partial charge in [-0.1, -0.05) is 23.7 Å². The van der Waals surface area contributed by atoms with E-state index in [4.69, 9.17) is 11.6 Å². The highest BCUT2D eigenvalue weighted by Gasteiger charge is 1.99. The third kappa shape index (κ3) is 3.07. The maximum absolute atomic E-state index is 9.99. The highest BCUT2D eigenvalue weighted by Crippen LogP contribution is 2.17. The molecule has 1 amide bonds. The van der Waals surface area contributed by atoms with Crippen LogP contribution in [0, 0.1) is 6.92 Å². The number of carbonyl (C=O) groups is 1. The Kier molecular flexibility index (Phi) is 3.77. The standard InChI is InChI=1S/C10H12ClNO/c1-8-2-3-9(10(11)6-8)4-5-12-7-13/h2-3,6-7H,4-5H2,1H3,(H,12,13). The fourth-order valence-electron chi connectivity index (χ4n) is 1.12. The van der Waals surface area contributed by atoms with Gasteiger partial charge in [-0.3, -0.25) is 4.79 Å². The lowest BCUT2D eigenvalue weighted by atomic mass is 10.1. The van der Waals surface area contributed by atoms with Gasteiger partial charge in [-0.15, -0.1) is 0 Å². The Hall–Kier alpha value is -1.02. The van der Waals surface area contributed by atoms with Crippen molar-refractivity contribution in [3.05, 3.63) is 34.3 Å². The monoisotopic (exact) mass is 197 g/mol. The fraction of sp³-hybridized carbons (Fsp3) is 0.300. The topological polar surface area (TPSA) is 29.1 Å². The molecule has 0 fully saturated rings. The van der Waals surface area contributed by atoms with Gasteiger partial charge in [0.05, 0.1) is 0 Å². The van der Waals surface area contributed by atoms with Crippen LogP contribution in [0.2, 0.25) is 5.02 Å². The molecule has 13 heavy (non-hydrogen) atoms. The molecule has 0 spiro atoms. The van der Waals surface area contributed by atoms with Crippen molar-refractivity contribution >= 4 is 18.0 Å². The molecule has 0 heterocycles. The fourth-order valence-corrected chi connectivity index (χ4v) is 1.45. The molecule has 1 N–H and O–H groups in total. The maximum Gasteiger partial charge on any atom is 0.207 e. The van der Waals surface area contributed by atoms with Crippen LogP contribution in [-0.2, 0) is 11.2 Å². The molecule has 0 bridgehead atoms. The van der Waals surface area contributed by atoms with Gasteiger partial charge in [-0.2, -0.15) is 0 Å². The Labute approximate surface area is 82.9 Å². The van der Waals surface area contributed by atoms with Crippen molar-refractivity contribution in [2.45, 2.75) is 13.3 Å². The first-order valence-electron chi connectivity index (χ1n) is 4.16. The van der Waals surface area contributed by atoms with E-state index in [0.29, 0.717) is 13.0 Å². The number of rotatable bonds is 4. The number of carbonyl (C=O) groups excluding carboxylic acids is 1. The van der Waals surface area contributed by atoms with E-state index in [1.165, 1.54) is 0 Å². The number of hydrogen-bond acceptors (Lipinski definition) is 1. The van der Waals surface area contributed by atoms with Gasteiger partial charge in [-0.25, -0.2) is 0 Å². The summed E-state index contributed by atoms with van der Waals surface area (Å²) in [5, 5.41) is 3.37. The van der Waals surface area contributed by atoms with Crippen molar-refractivity contribution in [2.24, 2.45) is 0 Å². The number of hydrogen-bond donors (Lipinski definition) is 1. The first-order chi connectivity index (χ1) is 6.24. The quantitative estimate of drug-likeness (QED) is 0.580. The molecule has 0 aliphatic carbocycles. The normalized spacial score (nSPS) is 9.69. The van der Waals surface area contributed by atoms with E-state index >= 15 is 0 Å². The lowest BCUT2D eigenvalue weighted by molar-refractivity contribution is -0.109. The Morgan fingerprint density at radius 2 is 2.31 bits per heavy atom. The molecule has 1 aromatic carbocycles. The molecular weight excluding hydrogens is 186 g/mol. The Morgan fingerprint density at radius 3 is 2.92 bits per heavy atom. The van der Waals surface area contributed by atoms with Gasteiger partial charge in [0.2, 0.25) is 6.41 Å². The third-order valence-corrected chi connectivity index (χ3v) is 2.18. The highest BCUT2D eigenvalue weighted by molar-refractivity contribution is 6.31. The van der Waals surface area contributed by atoms with Crippen LogP contribution in [0.5, 0.6) is 0 Å². The van der Waals surface area contributed by atoms with E-state index in [2.05, 4.69) is 5.32 Å². The van der Waals surface area contributed by atoms with Crippen LogP contribution in [0.3, 0.4) is 0 Å². The second-order valence-electron chi connectivity index (χ2n) is 2.92. The van der Waals surface area contributed by atoms with Crippen molar-refractivity contribution in [2.75, 3.05) is 6.54 Å². The summed E-state index contributed by atoms with van der Waals surface area (Å²) in [5.41, 5.74) is 2.22. The number of nitrogens with one attached hydrogen (secondary N) is 1. The third-order valence-electron chi connectivity index (χ3n) is 1.83.